The Morgan fingerprint density at radius 3 is 2.63 bits per heavy atom. The van der Waals surface area contributed by atoms with Gasteiger partial charge in [0.15, 0.2) is 0 Å². The van der Waals surface area contributed by atoms with Gasteiger partial charge in [-0.2, -0.15) is 0 Å². The van der Waals surface area contributed by atoms with Gasteiger partial charge in [0, 0.05) is 12.3 Å². The molecule has 0 amide bonds. The molecule has 0 spiro atoms. The largest absolute Gasteiger partial charge is 0.461 e. The van der Waals surface area contributed by atoms with Gasteiger partial charge in [0.25, 0.3) is 0 Å². The van der Waals surface area contributed by atoms with Crippen molar-refractivity contribution in [2.75, 3.05) is 6.54 Å². The Morgan fingerprint density at radius 1 is 1.29 bits per heavy atom. The number of rotatable bonds is 14. The highest BCUT2D eigenvalue weighted by atomic mass is 16.5. The monoisotopic (exact) mass is 491 g/mol. The van der Waals surface area contributed by atoms with Crippen LogP contribution >= 0.6 is 0 Å². The predicted molar refractivity (Wildman–Crippen MR) is 140 cm³/mol. The van der Waals surface area contributed by atoms with Crippen molar-refractivity contribution in [2.24, 2.45) is 29.1 Å². The van der Waals surface area contributed by atoms with E-state index in [0.29, 0.717) is 24.8 Å². The molecule has 2 aliphatic carbocycles. The number of aliphatic hydroxyl groups is 2. The highest BCUT2D eigenvalue weighted by molar-refractivity contribution is 5.76. The van der Waals surface area contributed by atoms with Gasteiger partial charge in [-0.25, -0.2) is 0 Å². The minimum absolute atomic E-state index is 0.110. The minimum Gasteiger partial charge on any atom is -0.461 e. The van der Waals surface area contributed by atoms with E-state index in [-0.39, 0.29) is 30.3 Å². The summed E-state index contributed by atoms with van der Waals surface area (Å²) in [6.07, 6.45) is 10.6. The van der Waals surface area contributed by atoms with Crippen LogP contribution in [0.4, 0.5) is 0 Å². The quantitative estimate of drug-likeness (QED) is 0.187. The normalized spacial score (nSPS) is 29.0. The van der Waals surface area contributed by atoms with Crippen LogP contribution in [-0.4, -0.2) is 53.4 Å². The van der Waals surface area contributed by atoms with Crippen LogP contribution in [0.5, 0.6) is 0 Å². The molecule has 6 nitrogen and oxygen atoms in total. The first-order valence-electron chi connectivity index (χ1n) is 13.7. The summed E-state index contributed by atoms with van der Waals surface area (Å²) < 4.78 is 6.17. The summed E-state index contributed by atoms with van der Waals surface area (Å²) in [4.78, 5) is 24.4. The summed E-state index contributed by atoms with van der Waals surface area (Å²) in [5.74, 6) is 0.833. The second kappa shape index (κ2) is 13.7. The summed E-state index contributed by atoms with van der Waals surface area (Å²) in [6.45, 7) is 13.0. The molecular formula is C29H49NO5. The lowest BCUT2D eigenvalue weighted by Crippen LogP contribution is -2.44. The summed E-state index contributed by atoms with van der Waals surface area (Å²) >= 11 is 0. The zero-order valence-electron chi connectivity index (χ0n) is 22.7. The number of carbonyl (C=O) groups excluding carboxylic acids is 2. The van der Waals surface area contributed by atoms with Crippen LogP contribution in [0.3, 0.4) is 0 Å². The summed E-state index contributed by atoms with van der Waals surface area (Å²) in [5.41, 5.74) is 0.720. The third-order valence-electron chi connectivity index (χ3n) is 8.11. The zero-order valence-corrected chi connectivity index (χ0v) is 22.7. The van der Waals surface area contributed by atoms with Gasteiger partial charge < -0.3 is 25.1 Å². The Bertz CT molecular complexity index is 745. The summed E-state index contributed by atoms with van der Waals surface area (Å²) in [5, 5.41) is 24.3. The molecule has 200 valence electrons. The van der Waals surface area contributed by atoms with Crippen LogP contribution < -0.4 is 5.32 Å². The molecule has 0 fully saturated rings. The van der Waals surface area contributed by atoms with Gasteiger partial charge in [-0.05, 0) is 75.8 Å². The minimum atomic E-state index is -0.918. The van der Waals surface area contributed by atoms with Crippen molar-refractivity contribution in [3.8, 4) is 0 Å². The molecule has 2 rings (SSSR count). The van der Waals surface area contributed by atoms with Crippen molar-refractivity contribution in [3.05, 3.63) is 23.8 Å². The Labute approximate surface area is 212 Å². The van der Waals surface area contributed by atoms with E-state index in [9.17, 15) is 19.8 Å². The molecule has 0 heterocycles. The maximum absolute atomic E-state index is 12.9. The first kappa shape index (κ1) is 29.7. The van der Waals surface area contributed by atoms with Crippen molar-refractivity contribution < 1.29 is 24.5 Å². The fourth-order valence-electron chi connectivity index (χ4n) is 5.31. The van der Waals surface area contributed by atoms with E-state index in [1.807, 2.05) is 20.8 Å². The number of aliphatic hydroxyl groups excluding tert-OH is 2. The lowest BCUT2D eigenvalue weighted by molar-refractivity contribution is -0.164. The third-order valence-corrected chi connectivity index (χ3v) is 8.11. The van der Waals surface area contributed by atoms with Gasteiger partial charge in [-0.3, -0.25) is 4.79 Å². The van der Waals surface area contributed by atoms with E-state index in [0.717, 1.165) is 38.4 Å². The second-order valence-electron chi connectivity index (χ2n) is 11.5. The van der Waals surface area contributed by atoms with E-state index in [4.69, 9.17) is 4.74 Å². The summed E-state index contributed by atoms with van der Waals surface area (Å²) in [6, 6.07) is -0.659. The molecule has 0 aromatic rings. The van der Waals surface area contributed by atoms with E-state index in [2.05, 4.69) is 44.3 Å². The predicted octanol–water partition coefficient (Wildman–Crippen LogP) is 4.59. The lowest BCUT2D eigenvalue weighted by atomic mass is 9.65. The molecule has 2 aliphatic rings. The molecular weight excluding hydrogens is 442 g/mol. The second-order valence-corrected chi connectivity index (χ2v) is 11.5. The Hall–Kier alpha value is -1.50. The fraction of sp³-hybridized carbons (Fsp3) is 0.793. The van der Waals surface area contributed by atoms with E-state index >= 15 is 0 Å². The van der Waals surface area contributed by atoms with Crippen LogP contribution in [0, 0.1) is 29.1 Å². The maximum atomic E-state index is 12.9. The van der Waals surface area contributed by atoms with Crippen molar-refractivity contribution in [3.63, 3.8) is 0 Å². The van der Waals surface area contributed by atoms with Crippen molar-refractivity contribution in [1.82, 2.24) is 5.32 Å². The van der Waals surface area contributed by atoms with Gasteiger partial charge >= 0.3 is 5.97 Å². The molecule has 6 heteroatoms. The Balaban J connectivity index is 2.06. The SMILES string of the molecule is CCCCNC(C=O)[C@H](O)C[C@H](O)CC[C@@H]1[C@@H]2C(=C[C@H](C)C[C@@H]2OC(=O)C(C)(C)CC)C=C[C@@H]1C. The number of hydrogen-bond donors (Lipinski definition) is 3. The van der Waals surface area contributed by atoms with Crippen LogP contribution in [0.1, 0.15) is 86.5 Å². The van der Waals surface area contributed by atoms with Gasteiger partial charge in [0.1, 0.15) is 12.4 Å². The van der Waals surface area contributed by atoms with Gasteiger partial charge in [0.05, 0.1) is 23.7 Å². The molecule has 0 radical (unpaired) electrons. The van der Waals surface area contributed by atoms with Crippen LogP contribution in [0.15, 0.2) is 23.8 Å². The Morgan fingerprint density at radius 2 is 2.00 bits per heavy atom. The number of allylic oxidation sites excluding steroid dienone is 3. The standard InChI is InChI=1S/C29H49NO5/c1-7-9-14-30-24(18-31)25(33)17-22(32)12-13-23-20(4)10-11-21-15-19(3)16-26(27(21)23)35-28(34)29(5,6)8-2/h10-11,15,18-20,22-27,30,32-33H,7-9,12-14,16-17H2,1-6H3/t19-,20-,22+,23-,24?,25+,26-,27-/m0/s1. The average Bonchev–Trinajstić information content (AvgIpc) is 2.81. The van der Waals surface area contributed by atoms with E-state index in [1.54, 1.807) is 0 Å². The molecule has 3 N–H and O–H groups in total. The zero-order chi connectivity index (χ0) is 26.2. The smallest absolute Gasteiger partial charge is 0.311 e. The van der Waals surface area contributed by atoms with Crippen molar-refractivity contribution in [1.29, 1.82) is 0 Å². The van der Waals surface area contributed by atoms with Crippen LogP contribution in [0.25, 0.3) is 0 Å². The molecule has 1 unspecified atom stereocenters. The number of esters is 1. The van der Waals surface area contributed by atoms with Crippen LogP contribution in [0.2, 0.25) is 0 Å². The Kier molecular flexibility index (Phi) is 11.6. The van der Waals surface area contributed by atoms with Crippen molar-refractivity contribution >= 4 is 12.3 Å². The molecule has 0 saturated heterocycles. The average molecular weight is 492 g/mol. The molecule has 35 heavy (non-hydrogen) atoms. The number of fused-ring (bicyclic) bond motifs is 1. The number of hydrogen-bond acceptors (Lipinski definition) is 6. The molecule has 0 aliphatic heterocycles. The van der Waals surface area contributed by atoms with Crippen molar-refractivity contribution in [2.45, 2.75) is 111 Å². The molecule has 0 saturated carbocycles. The summed E-state index contributed by atoms with van der Waals surface area (Å²) in [7, 11) is 0. The molecule has 0 bridgehead atoms. The first-order valence-corrected chi connectivity index (χ1v) is 13.7. The third kappa shape index (κ3) is 8.26. The fourth-order valence-corrected chi connectivity index (χ4v) is 5.31. The van der Waals surface area contributed by atoms with E-state index in [1.165, 1.54) is 5.57 Å². The maximum Gasteiger partial charge on any atom is 0.311 e. The van der Waals surface area contributed by atoms with Crippen LogP contribution in [-0.2, 0) is 14.3 Å². The topological polar surface area (TPSA) is 95.9 Å². The van der Waals surface area contributed by atoms with Gasteiger partial charge in [-0.15, -0.1) is 0 Å². The number of nitrogens with one attached hydrogen (secondary N) is 1. The van der Waals surface area contributed by atoms with E-state index < -0.39 is 23.7 Å². The van der Waals surface area contributed by atoms with Gasteiger partial charge in [-0.1, -0.05) is 52.3 Å². The number of unbranched alkanes of at least 4 members (excludes halogenated alkanes) is 1. The highest BCUT2D eigenvalue weighted by Gasteiger charge is 2.42. The number of aldehydes is 1. The molecule has 8 atom stereocenters. The number of carbonyl (C=O) groups is 2. The molecule has 0 aromatic carbocycles. The molecule has 0 aromatic heterocycles. The lowest BCUT2D eigenvalue weighted by Gasteiger charge is -2.44. The highest BCUT2D eigenvalue weighted by Crippen LogP contribution is 2.45. The first-order chi connectivity index (χ1) is 16.5. The number of ether oxygens (including phenoxy) is 1. The van der Waals surface area contributed by atoms with Gasteiger partial charge in [0.2, 0.25) is 0 Å².